The standard InChI is InChI=1S/C26H29ClINO3/c1-8-13-29-15(2)14-19-21(17-9-11-18(27)12-10-17)20(16(3)22(28)23(19)29)24(25(30)31-7)32-26(4,5)6/h8-12,14,24H,1,13H2,2-7H3/t24-/m0/s1. The number of ether oxygens (including phenoxy) is 2. The third kappa shape index (κ3) is 4.75. The van der Waals surface area contributed by atoms with E-state index < -0.39 is 17.7 Å². The largest absolute Gasteiger partial charge is 0.467 e. The first-order valence-corrected chi connectivity index (χ1v) is 11.9. The van der Waals surface area contributed by atoms with Gasteiger partial charge in [0, 0.05) is 31.8 Å². The second-order valence-corrected chi connectivity index (χ2v) is 10.3. The molecule has 32 heavy (non-hydrogen) atoms. The first-order chi connectivity index (χ1) is 15.0. The van der Waals surface area contributed by atoms with E-state index in [4.69, 9.17) is 21.1 Å². The highest BCUT2D eigenvalue weighted by atomic mass is 127. The second-order valence-electron chi connectivity index (χ2n) is 8.82. The smallest absolute Gasteiger partial charge is 0.339 e. The van der Waals surface area contributed by atoms with Crippen LogP contribution in [-0.4, -0.2) is 23.2 Å². The molecule has 2 aromatic carbocycles. The number of rotatable bonds is 6. The lowest BCUT2D eigenvalue weighted by atomic mass is 9.89. The van der Waals surface area contributed by atoms with Gasteiger partial charge >= 0.3 is 5.97 Å². The van der Waals surface area contributed by atoms with Crippen molar-refractivity contribution in [2.45, 2.75) is 52.9 Å². The zero-order valence-electron chi connectivity index (χ0n) is 19.4. The number of nitrogens with zero attached hydrogens (tertiary/aromatic N) is 1. The summed E-state index contributed by atoms with van der Waals surface area (Å²) in [4.78, 5) is 13.0. The number of allylic oxidation sites excluding steroid dienone is 1. The van der Waals surface area contributed by atoms with Gasteiger partial charge in [0.1, 0.15) is 0 Å². The number of hydrogen-bond acceptors (Lipinski definition) is 3. The molecule has 0 spiro atoms. The van der Waals surface area contributed by atoms with Crippen molar-refractivity contribution in [1.82, 2.24) is 4.57 Å². The van der Waals surface area contributed by atoms with Crippen LogP contribution in [0.1, 0.15) is 43.7 Å². The van der Waals surface area contributed by atoms with Gasteiger partial charge in [-0.2, -0.15) is 0 Å². The molecule has 0 unspecified atom stereocenters. The number of aryl methyl sites for hydroxylation is 1. The summed E-state index contributed by atoms with van der Waals surface area (Å²) < 4.78 is 14.8. The Balaban J connectivity index is 2.50. The summed E-state index contributed by atoms with van der Waals surface area (Å²) in [6, 6.07) is 9.87. The molecule has 0 fully saturated rings. The number of aromatic nitrogens is 1. The summed E-state index contributed by atoms with van der Waals surface area (Å²) in [6.45, 7) is 14.6. The molecule has 0 amide bonds. The van der Waals surface area contributed by atoms with Crippen LogP contribution in [0.25, 0.3) is 22.0 Å². The zero-order chi connectivity index (χ0) is 23.8. The molecular weight excluding hydrogens is 537 g/mol. The molecule has 3 rings (SSSR count). The number of halogens is 2. The van der Waals surface area contributed by atoms with Crippen molar-refractivity contribution in [3.63, 3.8) is 0 Å². The molecule has 0 N–H and O–H groups in total. The molecule has 6 heteroatoms. The molecule has 0 radical (unpaired) electrons. The van der Waals surface area contributed by atoms with Gasteiger partial charge in [-0.1, -0.05) is 29.8 Å². The number of methoxy groups -OCH3 is 1. The molecule has 4 nitrogen and oxygen atoms in total. The van der Waals surface area contributed by atoms with Gasteiger partial charge in [-0.3, -0.25) is 0 Å². The number of hydrogen-bond donors (Lipinski definition) is 0. The van der Waals surface area contributed by atoms with Gasteiger partial charge in [-0.15, -0.1) is 6.58 Å². The van der Waals surface area contributed by atoms with E-state index in [1.807, 2.05) is 58.0 Å². The average Bonchev–Trinajstić information content (AvgIpc) is 3.05. The molecular formula is C26H29ClINO3. The average molecular weight is 566 g/mol. The number of fused-ring (bicyclic) bond motifs is 1. The summed E-state index contributed by atoms with van der Waals surface area (Å²) >= 11 is 8.56. The maximum atomic E-state index is 13.0. The summed E-state index contributed by atoms with van der Waals surface area (Å²) in [5.74, 6) is -0.421. The van der Waals surface area contributed by atoms with Crippen LogP contribution in [0.15, 0.2) is 43.0 Å². The molecule has 0 aliphatic rings. The van der Waals surface area contributed by atoms with Crippen molar-refractivity contribution < 1.29 is 14.3 Å². The van der Waals surface area contributed by atoms with E-state index in [0.717, 1.165) is 42.4 Å². The van der Waals surface area contributed by atoms with E-state index >= 15 is 0 Å². The Morgan fingerprint density at radius 3 is 2.41 bits per heavy atom. The quantitative estimate of drug-likeness (QED) is 0.178. The predicted octanol–water partition coefficient (Wildman–Crippen LogP) is 7.40. The van der Waals surface area contributed by atoms with Crippen LogP contribution in [0.2, 0.25) is 5.02 Å². The Morgan fingerprint density at radius 2 is 1.88 bits per heavy atom. The van der Waals surface area contributed by atoms with Crippen LogP contribution in [0.4, 0.5) is 0 Å². The van der Waals surface area contributed by atoms with Crippen LogP contribution in [0.5, 0.6) is 0 Å². The molecule has 0 saturated heterocycles. The minimum absolute atomic E-state index is 0.421. The Kier molecular flexibility index (Phi) is 7.42. The lowest BCUT2D eigenvalue weighted by Crippen LogP contribution is -2.29. The lowest BCUT2D eigenvalue weighted by molar-refractivity contribution is -0.164. The van der Waals surface area contributed by atoms with E-state index in [1.165, 1.54) is 7.11 Å². The number of carbonyl (C=O) groups is 1. The molecule has 0 saturated carbocycles. The second kappa shape index (κ2) is 9.57. The fraction of sp³-hybridized carbons (Fsp3) is 0.346. The van der Waals surface area contributed by atoms with Crippen molar-refractivity contribution in [1.29, 1.82) is 0 Å². The van der Waals surface area contributed by atoms with Gasteiger partial charge in [0.15, 0.2) is 6.10 Å². The zero-order valence-corrected chi connectivity index (χ0v) is 22.3. The topological polar surface area (TPSA) is 40.5 Å². The summed E-state index contributed by atoms with van der Waals surface area (Å²) in [6.07, 6.45) is 1.03. The predicted molar refractivity (Wildman–Crippen MR) is 140 cm³/mol. The van der Waals surface area contributed by atoms with Crippen LogP contribution in [0, 0.1) is 17.4 Å². The Bertz CT molecular complexity index is 1170. The monoisotopic (exact) mass is 565 g/mol. The fourth-order valence-corrected chi connectivity index (χ4v) is 5.04. The van der Waals surface area contributed by atoms with Gasteiger partial charge in [0.25, 0.3) is 0 Å². The molecule has 0 bridgehead atoms. The highest BCUT2D eigenvalue weighted by molar-refractivity contribution is 14.1. The normalized spacial score (nSPS) is 12.8. The minimum Gasteiger partial charge on any atom is -0.467 e. The van der Waals surface area contributed by atoms with Crippen molar-refractivity contribution in [3.05, 3.63) is 68.4 Å². The van der Waals surface area contributed by atoms with E-state index in [9.17, 15) is 4.79 Å². The lowest BCUT2D eigenvalue weighted by Gasteiger charge is -2.29. The van der Waals surface area contributed by atoms with E-state index in [1.54, 1.807) is 0 Å². The van der Waals surface area contributed by atoms with E-state index in [-0.39, 0.29) is 0 Å². The van der Waals surface area contributed by atoms with Crippen molar-refractivity contribution in [3.8, 4) is 11.1 Å². The van der Waals surface area contributed by atoms with Crippen molar-refractivity contribution >= 4 is 51.1 Å². The number of carbonyl (C=O) groups excluding carboxylic acids is 1. The molecule has 3 aromatic rings. The molecule has 1 atom stereocenters. The summed E-state index contributed by atoms with van der Waals surface area (Å²) in [5.41, 5.74) is 5.43. The summed E-state index contributed by atoms with van der Waals surface area (Å²) in [7, 11) is 1.40. The van der Waals surface area contributed by atoms with Crippen molar-refractivity contribution in [2.24, 2.45) is 0 Å². The van der Waals surface area contributed by atoms with Crippen LogP contribution >= 0.6 is 34.2 Å². The summed E-state index contributed by atoms with van der Waals surface area (Å²) in [5, 5.41) is 1.72. The Hall–Kier alpha value is -1.83. The Morgan fingerprint density at radius 1 is 1.25 bits per heavy atom. The third-order valence-corrected chi connectivity index (χ3v) is 6.95. The van der Waals surface area contributed by atoms with Gasteiger partial charge in [-0.25, -0.2) is 4.79 Å². The molecule has 0 aliphatic carbocycles. The van der Waals surface area contributed by atoms with Crippen LogP contribution in [0.3, 0.4) is 0 Å². The van der Waals surface area contributed by atoms with E-state index in [0.29, 0.717) is 11.6 Å². The highest BCUT2D eigenvalue weighted by Gasteiger charge is 2.34. The molecule has 1 heterocycles. The maximum absolute atomic E-state index is 13.0. The number of esters is 1. The molecule has 1 aromatic heterocycles. The van der Waals surface area contributed by atoms with E-state index in [2.05, 4.69) is 46.7 Å². The SMILES string of the molecule is C=CCn1c(C)cc2c(-c3ccc(Cl)cc3)c([C@H](OC(C)(C)C)C(=O)OC)c(C)c(I)c21. The maximum Gasteiger partial charge on any atom is 0.339 e. The van der Waals surface area contributed by atoms with Gasteiger partial charge in [0.2, 0.25) is 0 Å². The fourth-order valence-electron chi connectivity index (χ4n) is 4.04. The molecule has 0 aliphatic heterocycles. The highest BCUT2D eigenvalue weighted by Crippen LogP contribution is 2.44. The van der Waals surface area contributed by atoms with Crippen LogP contribution in [-0.2, 0) is 20.8 Å². The Labute approximate surface area is 208 Å². The number of benzene rings is 2. The molecule has 170 valence electrons. The van der Waals surface area contributed by atoms with Gasteiger partial charge in [-0.05, 0) is 92.1 Å². The minimum atomic E-state index is -0.869. The first kappa shape index (κ1) is 24.8. The van der Waals surface area contributed by atoms with Gasteiger partial charge in [0.05, 0.1) is 18.2 Å². The van der Waals surface area contributed by atoms with Gasteiger partial charge < -0.3 is 14.0 Å². The third-order valence-electron chi connectivity index (χ3n) is 5.38. The van der Waals surface area contributed by atoms with Crippen LogP contribution < -0.4 is 0 Å². The first-order valence-electron chi connectivity index (χ1n) is 10.4. The van der Waals surface area contributed by atoms with Crippen molar-refractivity contribution in [2.75, 3.05) is 7.11 Å².